The average molecular weight is 585 g/mol. The number of benzene rings is 1. The number of thiol groups is 1. The highest BCUT2D eigenvalue weighted by molar-refractivity contribution is 7.80. The lowest BCUT2D eigenvalue weighted by molar-refractivity contribution is -0.153. The fraction of sp³-hybridized carbons (Fsp3) is 0.690. The van der Waals surface area contributed by atoms with E-state index in [2.05, 4.69) is 19.6 Å². The molecule has 0 radical (unpaired) electrons. The standard InChI is InChI=1S/C29H48O8SSi/c1-19(20(2)30)12-13-22(31)27-24(36-29(3,4)37-27)14-15-25(38)21-10-9-11-23(35-18-33-5)26(21)28(32)34-16-17-39(6,7)8/h9-13,19-20,22,24-25,27,30-31,38H,14-18H2,1-8H3/b13-12-/t19-,20+,22?,24+,25?,27-/m1/s1. The number of carbonyl (C=O) groups is 1. The largest absolute Gasteiger partial charge is 0.467 e. The van der Waals surface area contributed by atoms with Gasteiger partial charge < -0.3 is 33.9 Å². The molecule has 2 unspecified atom stereocenters. The molecule has 2 rings (SSSR count). The van der Waals surface area contributed by atoms with Crippen LogP contribution in [0, 0.1) is 5.92 Å². The smallest absolute Gasteiger partial charge is 0.342 e. The Balaban J connectivity index is 2.20. The van der Waals surface area contributed by atoms with Crippen molar-refractivity contribution >= 4 is 26.7 Å². The highest BCUT2D eigenvalue weighted by Crippen LogP contribution is 2.38. The van der Waals surface area contributed by atoms with Gasteiger partial charge in [-0.25, -0.2) is 4.79 Å². The van der Waals surface area contributed by atoms with E-state index >= 15 is 0 Å². The maximum atomic E-state index is 13.2. The van der Waals surface area contributed by atoms with E-state index in [-0.39, 0.29) is 18.0 Å². The van der Waals surface area contributed by atoms with Crippen LogP contribution in [-0.2, 0) is 18.9 Å². The summed E-state index contributed by atoms with van der Waals surface area (Å²) < 4.78 is 28.6. The zero-order valence-corrected chi connectivity index (χ0v) is 26.6. The van der Waals surface area contributed by atoms with Crippen LogP contribution in [-0.4, -0.2) is 75.0 Å². The molecule has 6 atom stereocenters. The van der Waals surface area contributed by atoms with E-state index < -0.39 is 44.2 Å². The lowest BCUT2D eigenvalue weighted by Gasteiger charge is -2.23. The van der Waals surface area contributed by atoms with Crippen LogP contribution in [0.1, 0.15) is 61.7 Å². The third-order valence-electron chi connectivity index (χ3n) is 6.69. The Hall–Kier alpha value is -1.40. The summed E-state index contributed by atoms with van der Waals surface area (Å²) in [6.07, 6.45) is 2.12. The molecule has 0 aromatic heterocycles. The van der Waals surface area contributed by atoms with E-state index in [1.165, 1.54) is 7.11 Å². The van der Waals surface area contributed by atoms with Crippen LogP contribution in [0.2, 0.25) is 25.7 Å². The van der Waals surface area contributed by atoms with Crippen molar-refractivity contribution in [1.29, 1.82) is 0 Å². The second kappa shape index (κ2) is 15.0. The van der Waals surface area contributed by atoms with E-state index in [0.717, 1.165) is 6.04 Å². The van der Waals surface area contributed by atoms with E-state index in [4.69, 9.17) is 36.3 Å². The molecule has 2 N–H and O–H groups in total. The number of ether oxygens (including phenoxy) is 5. The molecule has 0 aliphatic carbocycles. The topological polar surface area (TPSA) is 104 Å². The number of aliphatic hydroxyl groups is 2. The molecule has 1 saturated heterocycles. The quantitative estimate of drug-likeness (QED) is 0.0831. The SMILES string of the molecule is COCOc1cccc(C(S)CC[C@@H]2OC(C)(C)O[C@@H]2C(O)/C=C\[C@@H](C)[C@H](C)O)c1C(=O)OCC[Si](C)(C)C. The zero-order chi connectivity index (χ0) is 29.4. The molecule has 1 aliphatic heterocycles. The minimum Gasteiger partial charge on any atom is -0.467 e. The van der Waals surface area contributed by atoms with Crippen molar-refractivity contribution in [1.82, 2.24) is 0 Å². The molecule has 1 fully saturated rings. The Morgan fingerprint density at radius 1 is 1.18 bits per heavy atom. The molecule has 0 saturated carbocycles. The number of methoxy groups -OCH3 is 1. The van der Waals surface area contributed by atoms with Gasteiger partial charge in [-0.3, -0.25) is 0 Å². The summed E-state index contributed by atoms with van der Waals surface area (Å²) >= 11 is 4.86. The fourth-order valence-electron chi connectivity index (χ4n) is 4.22. The first-order chi connectivity index (χ1) is 18.1. The summed E-state index contributed by atoms with van der Waals surface area (Å²) in [5, 5.41) is 20.3. The Labute approximate surface area is 240 Å². The van der Waals surface area contributed by atoms with Crippen LogP contribution in [0.3, 0.4) is 0 Å². The van der Waals surface area contributed by atoms with Gasteiger partial charge in [0.05, 0.1) is 18.8 Å². The van der Waals surface area contributed by atoms with Gasteiger partial charge in [-0.05, 0) is 57.2 Å². The molecule has 0 bridgehead atoms. The normalized spacial score (nSPS) is 22.4. The Kier molecular flexibility index (Phi) is 13.0. The van der Waals surface area contributed by atoms with Crippen LogP contribution in [0.25, 0.3) is 0 Å². The number of hydrogen-bond acceptors (Lipinski definition) is 9. The lowest BCUT2D eigenvalue weighted by Crippen LogP contribution is -2.34. The highest BCUT2D eigenvalue weighted by atomic mass is 32.1. The summed E-state index contributed by atoms with van der Waals surface area (Å²) in [4.78, 5) is 13.2. The summed E-state index contributed by atoms with van der Waals surface area (Å²) in [6.45, 7) is 14.3. The van der Waals surface area contributed by atoms with Crippen LogP contribution >= 0.6 is 12.6 Å². The van der Waals surface area contributed by atoms with Gasteiger partial charge in [0.25, 0.3) is 0 Å². The van der Waals surface area contributed by atoms with E-state index in [1.54, 1.807) is 25.1 Å². The first-order valence-corrected chi connectivity index (χ1v) is 17.9. The van der Waals surface area contributed by atoms with E-state index in [0.29, 0.717) is 36.3 Å². The van der Waals surface area contributed by atoms with Gasteiger partial charge in [0.1, 0.15) is 23.5 Å². The zero-order valence-electron chi connectivity index (χ0n) is 24.7. The summed E-state index contributed by atoms with van der Waals surface area (Å²) in [5.41, 5.74) is 1.05. The third-order valence-corrected chi connectivity index (χ3v) is 8.94. The van der Waals surface area contributed by atoms with Crippen molar-refractivity contribution in [3.8, 4) is 5.75 Å². The molecule has 1 aromatic rings. The first-order valence-electron chi connectivity index (χ1n) is 13.6. The van der Waals surface area contributed by atoms with Crippen LogP contribution < -0.4 is 4.74 Å². The monoisotopic (exact) mass is 584 g/mol. The molecule has 1 aliphatic rings. The molecular weight excluding hydrogens is 536 g/mol. The summed E-state index contributed by atoms with van der Waals surface area (Å²) in [6, 6.07) is 6.26. The predicted octanol–water partition coefficient (Wildman–Crippen LogP) is 5.37. The second-order valence-electron chi connectivity index (χ2n) is 11.9. The molecule has 222 valence electrons. The highest BCUT2D eigenvalue weighted by Gasteiger charge is 2.44. The van der Waals surface area contributed by atoms with Crippen molar-refractivity contribution in [2.75, 3.05) is 20.5 Å². The molecular formula is C29H48O8SSi. The maximum Gasteiger partial charge on any atom is 0.342 e. The number of rotatable bonds is 15. The van der Waals surface area contributed by atoms with Crippen molar-refractivity contribution in [3.05, 3.63) is 41.5 Å². The van der Waals surface area contributed by atoms with Gasteiger partial charge in [0, 0.05) is 20.4 Å². The average Bonchev–Trinajstić information content (AvgIpc) is 3.17. The van der Waals surface area contributed by atoms with Gasteiger partial charge in [-0.2, -0.15) is 12.6 Å². The van der Waals surface area contributed by atoms with Crippen molar-refractivity contribution in [2.45, 2.75) is 102 Å². The van der Waals surface area contributed by atoms with Gasteiger partial charge in [0.2, 0.25) is 0 Å². The van der Waals surface area contributed by atoms with Crippen LogP contribution in [0.5, 0.6) is 5.75 Å². The van der Waals surface area contributed by atoms with Crippen molar-refractivity contribution in [3.63, 3.8) is 0 Å². The van der Waals surface area contributed by atoms with E-state index in [1.807, 2.05) is 32.9 Å². The summed E-state index contributed by atoms with van der Waals surface area (Å²) in [7, 11) is 0.146. The molecule has 10 heteroatoms. The number of carbonyl (C=O) groups excluding carboxylic acids is 1. The number of hydrogen-bond donors (Lipinski definition) is 3. The molecule has 1 aromatic carbocycles. The predicted molar refractivity (Wildman–Crippen MR) is 158 cm³/mol. The number of esters is 1. The first kappa shape index (κ1) is 33.8. The van der Waals surface area contributed by atoms with E-state index in [9.17, 15) is 15.0 Å². The fourth-order valence-corrected chi connectivity index (χ4v) is 5.30. The molecule has 39 heavy (non-hydrogen) atoms. The molecule has 0 spiro atoms. The Bertz CT molecular complexity index is 946. The minimum atomic E-state index is -1.38. The maximum absolute atomic E-state index is 13.2. The molecule has 8 nitrogen and oxygen atoms in total. The van der Waals surface area contributed by atoms with Gasteiger partial charge >= 0.3 is 5.97 Å². The summed E-state index contributed by atoms with van der Waals surface area (Å²) in [5.74, 6) is -1.02. The second-order valence-corrected chi connectivity index (χ2v) is 18.2. The van der Waals surface area contributed by atoms with Crippen LogP contribution in [0.15, 0.2) is 30.4 Å². The Morgan fingerprint density at radius 2 is 1.87 bits per heavy atom. The number of aliphatic hydroxyl groups excluding tert-OH is 2. The van der Waals surface area contributed by atoms with Crippen molar-refractivity contribution < 1.29 is 38.7 Å². The lowest BCUT2D eigenvalue weighted by atomic mass is 9.96. The molecule has 1 heterocycles. The van der Waals surface area contributed by atoms with Gasteiger partial charge in [-0.1, -0.05) is 50.8 Å². The third kappa shape index (κ3) is 10.8. The Morgan fingerprint density at radius 3 is 2.49 bits per heavy atom. The molecule has 0 amide bonds. The van der Waals surface area contributed by atoms with Gasteiger partial charge in [0.15, 0.2) is 12.6 Å². The van der Waals surface area contributed by atoms with Crippen LogP contribution in [0.4, 0.5) is 0 Å². The van der Waals surface area contributed by atoms with Gasteiger partial charge in [-0.15, -0.1) is 0 Å². The minimum absolute atomic E-state index is 0.00102. The van der Waals surface area contributed by atoms with Crippen molar-refractivity contribution in [2.24, 2.45) is 5.92 Å².